The second-order valence-electron chi connectivity index (χ2n) is 7.85. The molecule has 188 valence electrons. The number of anilines is 4. The Morgan fingerprint density at radius 3 is 2.08 bits per heavy atom. The van der Waals surface area contributed by atoms with Gasteiger partial charge in [-0.2, -0.15) is 5.10 Å². The first-order chi connectivity index (χ1) is 16.7. The molecule has 0 atom stereocenters. The number of aromatic nitrogens is 3. The van der Waals surface area contributed by atoms with Crippen LogP contribution in [0.25, 0.3) is 5.69 Å². The molecule has 0 aliphatic heterocycles. The van der Waals surface area contributed by atoms with Gasteiger partial charge in [0.15, 0.2) is 0 Å². The molecule has 2 aromatic carbocycles. The number of rotatable bonds is 7. The summed E-state index contributed by atoms with van der Waals surface area (Å²) < 4.78 is 28.9. The van der Waals surface area contributed by atoms with Crippen molar-refractivity contribution in [3.63, 3.8) is 0 Å². The summed E-state index contributed by atoms with van der Waals surface area (Å²) in [6, 6.07) is 18.8. The molecule has 2 aromatic heterocycles. The molecule has 0 saturated carbocycles. The Bertz CT molecular complexity index is 1410. The van der Waals surface area contributed by atoms with E-state index in [1.807, 2.05) is 49.3 Å². The van der Waals surface area contributed by atoms with Gasteiger partial charge in [0.1, 0.15) is 10.7 Å². The van der Waals surface area contributed by atoms with E-state index in [0.29, 0.717) is 22.7 Å². The quantitative estimate of drug-likeness (QED) is 0.372. The van der Waals surface area contributed by atoms with Gasteiger partial charge >= 0.3 is 6.03 Å². The average molecular weight is 528 g/mol. The van der Waals surface area contributed by atoms with E-state index in [-0.39, 0.29) is 17.3 Å². The van der Waals surface area contributed by atoms with Crippen molar-refractivity contribution in [3.05, 3.63) is 85.3 Å². The van der Waals surface area contributed by atoms with Crippen LogP contribution in [-0.4, -0.2) is 50.4 Å². The van der Waals surface area contributed by atoms with Crippen LogP contribution in [0.4, 0.5) is 27.7 Å². The molecule has 2 heterocycles. The van der Waals surface area contributed by atoms with Crippen molar-refractivity contribution in [1.82, 2.24) is 14.8 Å². The molecule has 2 amide bonds. The van der Waals surface area contributed by atoms with Gasteiger partial charge in [-0.3, -0.25) is 4.31 Å². The van der Waals surface area contributed by atoms with E-state index in [1.165, 1.54) is 24.1 Å². The fourth-order valence-electron chi connectivity index (χ4n) is 3.23. The van der Waals surface area contributed by atoms with Crippen LogP contribution < -0.4 is 19.8 Å². The topological polar surface area (TPSA) is 112 Å². The van der Waals surface area contributed by atoms with Gasteiger partial charge in [0.2, 0.25) is 0 Å². The number of amides is 2. The molecular formula is C24H26ClN7O3S. The van der Waals surface area contributed by atoms with Gasteiger partial charge in [-0.25, -0.2) is 22.9 Å². The lowest BCUT2D eigenvalue weighted by Gasteiger charge is -2.19. The molecule has 4 rings (SSSR count). The summed E-state index contributed by atoms with van der Waals surface area (Å²) in [7, 11) is 1.38. The third-order valence-electron chi connectivity index (χ3n) is 5.19. The van der Waals surface area contributed by atoms with Crippen molar-refractivity contribution in [1.29, 1.82) is 0 Å². The molecule has 4 aromatic rings. The second-order valence-corrected chi connectivity index (χ2v) is 9.82. The number of para-hydroxylation sites is 1. The minimum absolute atomic E-state index is 0. The average Bonchev–Trinajstić information content (AvgIpc) is 3.36. The smallest absolute Gasteiger partial charge is 0.323 e. The van der Waals surface area contributed by atoms with E-state index in [0.717, 1.165) is 10.1 Å². The van der Waals surface area contributed by atoms with Gasteiger partial charge in [-0.15, -0.1) is 12.4 Å². The third kappa shape index (κ3) is 5.93. The number of nitrogens with one attached hydrogen (secondary N) is 2. The number of urea groups is 1. The predicted molar refractivity (Wildman–Crippen MR) is 144 cm³/mol. The number of nitrogens with zero attached hydrogens (tertiary/aromatic N) is 5. The molecular weight excluding hydrogens is 502 g/mol. The van der Waals surface area contributed by atoms with Crippen molar-refractivity contribution in [2.24, 2.45) is 0 Å². The number of benzene rings is 2. The number of hydrogen-bond acceptors (Lipinski definition) is 6. The molecule has 12 heteroatoms. The van der Waals surface area contributed by atoms with Crippen molar-refractivity contribution in [2.75, 3.05) is 41.0 Å². The maximum Gasteiger partial charge on any atom is 0.323 e. The summed E-state index contributed by atoms with van der Waals surface area (Å²) in [5, 5.41) is 9.63. The van der Waals surface area contributed by atoms with Gasteiger partial charge < -0.3 is 15.5 Å². The monoisotopic (exact) mass is 527 g/mol. The summed E-state index contributed by atoms with van der Waals surface area (Å²) in [4.78, 5) is 18.4. The van der Waals surface area contributed by atoms with Crippen molar-refractivity contribution in [2.45, 2.75) is 4.90 Å². The van der Waals surface area contributed by atoms with Crippen molar-refractivity contribution in [3.8, 4) is 5.69 Å². The molecule has 0 aliphatic carbocycles. The highest BCUT2D eigenvalue weighted by Gasteiger charge is 2.23. The highest BCUT2D eigenvalue weighted by molar-refractivity contribution is 7.92. The fourth-order valence-corrected chi connectivity index (χ4v) is 4.35. The standard InChI is InChI=1S/C24H25N7O3S.ClH/c1-29(2)23-14-13-21(15-25-23)31-17-22(16-26-31)35(33,34)30(3)20-11-9-19(10-12-20)28-24(32)27-18-7-5-4-6-8-18;/h4-17H,1-3H3,(H2,27,28,32);1H. The van der Waals surface area contributed by atoms with E-state index in [9.17, 15) is 13.2 Å². The van der Waals surface area contributed by atoms with E-state index < -0.39 is 16.1 Å². The van der Waals surface area contributed by atoms with Crippen LogP contribution in [0.5, 0.6) is 0 Å². The van der Waals surface area contributed by atoms with Crippen LogP contribution in [-0.2, 0) is 10.0 Å². The summed E-state index contributed by atoms with van der Waals surface area (Å²) in [5.74, 6) is 0.781. The number of carbonyl (C=O) groups excluding carboxylic acids is 1. The summed E-state index contributed by atoms with van der Waals surface area (Å²) in [5.41, 5.74) is 2.26. The molecule has 10 nitrogen and oxygen atoms in total. The van der Waals surface area contributed by atoms with E-state index in [1.54, 1.807) is 42.6 Å². The molecule has 0 bridgehead atoms. The summed E-state index contributed by atoms with van der Waals surface area (Å²) in [6.07, 6.45) is 4.37. The largest absolute Gasteiger partial charge is 0.363 e. The lowest BCUT2D eigenvalue weighted by atomic mass is 10.3. The van der Waals surface area contributed by atoms with Crippen molar-refractivity contribution >= 4 is 51.3 Å². The molecule has 0 saturated heterocycles. The van der Waals surface area contributed by atoms with E-state index in [4.69, 9.17) is 0 Å². The van der Waals surface area contributed by atoms with Crippen LogP contribution >= 0.6 is 12.4 Å². The first-order valence-electron chi connectivity index (χ1n) is 10.6. The molecule has 0 unspecified atom stereocenters. The summed E-state index contributed by atoms with van der Waals surface area (Å²) in [6.45, 7) is 0. The lowest BCUT2D eigenvalue weighted by molar-refractivity contribution is 0.262. The molecule has 2 N–H and O–H groups in total. The third-order valence-corrected chi connectivity index (χ3v) is 6.93. The van der Waals surface area contributed by atoms with Gasteiger partial charge in [0.25, 0.3) is 10.0 Å². The fraction of sp³-hybridized carbons (Fsp3) is 0.125. The van der Waals surface area contributed by atoms with Crippen LogP contribution in [0.3, 0.4) is 0 Å². The Morgan fingerprint density at radius 2 is 1.50 bits per heavy atom. The highest BCUT2D eigenvalue weighted by atomic mass is 35.5. The van der Waals surface area contributed by atoms with Crippen LogP contribution in [0.15, 0.2) is 90.2 Å². The first-order valence-corrected chi connectivity index (χ1v) is 12.1. The normalized spacial score (nSPS) is 10.8. The Kier molecular flexibility index (Phi) is 8.18. The summed E-state index contributed by atoms with van der Waals surface area (Å²) >= 11 is 0. The first kappa shape index (κ1) is 26.5. The molecule has 0 fully saturated rings. The van der Waals surface area contributed by atoms with Crippen LogP contribution in [0.2, 0.25) is 0 Å². The maximum atomic E-state index is 13.2. The Labute approximate surface area is 216 Å². The van der Waals surface area contributed by atoms with Gasteiger partial charge in [0, 0.05) is 32.5 Å². The number of pyridine rings is 1. The number of hydrogen-bond donors (Lipinski definition) is 2. The van der Waals surface area contributed by atoms with E-state index in [2.05, 4.69) is 20.7 Å². The van der Waals surface area contributed by atoms with E-state index >= 15 is 0 Å². The van der Waals surface area contributed by atoms with Gasteiger partial charge in [-0.1, -0.05) is 18.2 Å². The highest BCUT2D eigenvalue weighted by Crippen LogP contribution is 2.24. The van der Waals surface area contributed by atoms with Gasteiger partial charge in [0.05, 0.1) is 30.0 Å². The molecule has 36 heavy (non-hydrogen) atoms. The molecule has 0 radical (unpaired) electrons. The second kappa shape index (κ2) is 11.1. The Morgan fingerprint density at radius 1 is 0.861 bits per heavy atom. The SMILES string of the molecule is CN(C)c1ccc(-n2cc(S(=O)(=O)N(C)c3ccc(NC(=O)Nc4ccccc4)cc3)cn2)cn1.Cl. The lowest BCUT2D eigenvalue weighted by Crippen LogP contribution is -2.26. The number of sulfonamides is 1. The zero-order valence-corrected chi connectivity index (χ0v) is 21.5. The zero-order valence-electron chi connectivity index (χ0n) is 19.9. The predicted octanol–water partition coefficient (Wildman–Crippen LogP) is 4.22. The zero-order chi connectivity index (χ0) is 25.0. The van der Waals surface area contributed by atoms with Crippen LogP contribution in [0, 0.1) is 0 Å². The number of halogens is 1. The Hall–Kier alpha value is -4.09. The molecule has 0 aliphatic rings. The van der Waals surface area contributed by atoms with Gasteiger partial charge in [-0.05, 0) is 48.5 Å². The van der Waals surface area contributed by atoms with Crippen LogP contribution in [0.1, 0.15) is 0 Å². The Balaban J connectivity index is 0.00000361. The van der Waals surface area contributed by atoms with Crippen molar-refractivity contribution < 1.29 is 13.2 Å². The minimum Gasteiger partial charge on any atom is -0.363 e. The minimum atomic E-state index is -3.86. The molecule has 0 spiro atoms. The maximum absolute atomic E-state index is 13.2. The number of carbonyl (C=O) groups is 1.